The lowest BCUT2D eigenvalue weighted by Crippen LogP contribution is -2.16. The van der Waals surface area contributed by atoms with Gasteiger partial charge in [-0.1, -0.05) is 29.8 Å². The van der Waals surface area contributed by atoms with Crippen molar-refractivity contribution in [3.63, 3.8) is 0 Å². The van der Waals surface area contributed by atoms with E-state index in [9.17, 15) is 4.79 Å². The van der Waals surface area contributed by atoms with Crippen LogP contribution in [0, 0.1) is 0 Å². The highest BCUT2D eigenvalue weighted by Gasteiger charge is 2.15. The van der Waals surface area contributed by atoms with Gasteiger partial charge in [0, 0.05) is 23.4 Å². The first-order valence-corrected chi connectivity index (χ1v) is 8.66. The van der Waals surface area contributed by atoms with Crippen LogP contribution in [0.2, 0.25) is 5.02 Å². The Kier molecular flexibility index (Phi) is 6.09. The Morgan fingerprint density at radius 3 is 2.76 bits per heavy atom. The molecule has 3 rings (SSSR count). The second-order valence-electron chi connectivity index (χ2n) is 5.81. The van der Waals surface area contributed by atoms with Gasteiger partial charge in [-0.25, -0.2) is 0 Å². The van der Waals surface area contributed by atoms with E-state index in [0.717, 1.165) is 30.8 Å². The molecule has 130 valence electrons. The molecule has 1 amide bonds. The molecule has 0 spiro atoms. The number of hydrogen-bond donors (Lipinski definition) is 1. The average molecular weight is 358 g/mol. The van der Waals surface area contributed by atoms with E-state index in [1.54, 1.807) is 12.1 Å². The number of carbonyl (C=O) groups is 1. The summed E-state index contributed by atoms with van der Waals surface area (Å²) in [6, 6.07) is 14.7. The predicted molar refractivity (Wildman–Crippen MR) is 100 cm³/mol. The van der Waals surface area contributed by atoms with Gasteiger partial charge in [0.2, 0.25) is 5.91 Å². The van der Waals surface area contributed by atoms with Gasteiger partial charge < -0.3 is 14.8 Å². The molecule has 25 heavy (non-hydrogen) atoms. The molecule has 1 aliphatic rings. The molecule has 0 aromatic heterocycles. The Morgan fingerprint density at radius 2 is 2.04 bits per heavy atom. The summed E-state index contributed by atoms with van der Waals surface area (Å²) >= 11 is 6.06. The van der Waals surface area contributed by atoms with E-state index in [1.165, 1.54) is 6.08 Å². The monoisotopic (exact) mass is 357 g/mol. The van der Waals surface area contributed by atoms with Crippen molar-refractivity contribution in [2.24, 2.45) is 0 Å². The van der Waals surface area contributed by atoms with Gasteiger partial charge in [0.15, 0.2) is 0 Å². The van der Waals surface area contributed by atoms with Crippen LogP contribution in [0.5, 0.6) is 5.75 Å². The maximum absolute atomic E-state index is 12.0. The van der Waals surface area contributed by atoms with E-state index in [2.05, 4.69) is 5.32 Å². The number of ether oxygens (including phenoxy) is 2. The van der Waals surface area contributed by atoms with E-state index in [4.69, 9.17) is 21.1 Å². The molecule has 1 atom stereocenters. The second kappa shape index (κ2) is 8.70. The smallest absolute Gasteiger partial charge is 0.248 e. The predicted octanol–water partition coefficient (Wildman–Crippen LogP) is 4.55. The second-order valence-corrected chi connectivity index (χ2v) is 6.22. The largest absolute Gasteiger partial charge is 0.491 e. The zero-order chi connectivity index (χ0) is 17.5. The molecule has 0 aliphatic carbocycles. The van der Waals surface area contributed by atoms with Crippen LogP contribution in [0.15, 0.2) is 54.6 Å². The Labute approximate surface area is 152 Å². The Hall–Kier alpha value is -2.30. The quantitative estimate of drug-likeness (QED) is 0.771. The van der Waals surface area contributed by atoms with Gasteiger partial charge in [0.05, 0.1) is 6.10 Å². The fourth-order valence-corrected chi connectivity index (χ4v) is 2.76. The third-order valence-electron chi connectivity index (χ3n) is 3.90. The van der Waals surface area contributed by atoms with E-state index in [-0.39, 0.29) is 12.0 Å². The lowest BCUT2D eigenvalue weighted by atomic mass is 10.2. The van der Waals surface area contributed by atoms with E-state index < -0.39 is 0 Å². The molecule has 1 fully saturated rings. The van der Waals surface area contributed by atoms with Crippen molar-refractivity contribution in [2.75, 3.05) is 18.5 Å². The van der Waals surface area contributed by atoms with Crippen LogP contribution in [-0.2, 0) is 9.53 Å². The zero-order valence-corrected chi connectivity index (χ0v) is 14.5. The molecule has 5 heteroatoms. The number of benzene rings is 2. The van der Waals surface area contributed by atoms with Gasteiger partial charge in [-0.2, -0.15) is 0 Å². The van der Waals surface area contributed by atoms with Gasteiger partial charge in [0.1, 0.15) is 12.4 Å². The molecule has 1 aliphatic heterocycles. The molecule has 2 aromatic rings. The normalized spacial score (nSPS) is 16.9. The minimum Gasteiger partial charge on any atom is -0.491 e. The summed E-state index contributed by atoms with van der Waals surface area (Å²) in [5, 5.41) is 3.42. The standard InChI is InChI=1S/C20H20ClNO3/c21-19-6-2-1-4-15(19)7-12-20(23)22-16-8-10-17(11-9-16)25-14-18-5-3-13-24-18/h1-2,4,6-12,18H,3,5,13-14H2,(H,22,23)/b12-7+/t18-/m0/s1. The van der Waals surface area contributed by atoms with Crippen LogP contribution in [0.4, 0.5) is 5.69 Å². The minimum absolute atomic E-state index is 0.189. The molecule has 1 saturated heterocycles. The molecular weight excluding hydrogens is 338 g/mol. The van der Waals surface area contributed by atoms with E-state index in [1.807, 2.05) is 42.5 Å². The minimum atomic E-state index is -0.215. The number of carbonyl (C=O) groups excluding carboxylic acids is 1. The molecule has 0 radical (unpaired) electrons. The van der Waals surface area contributed by atoms with Gasteiger partial charge >= 0.3 is 0 Å². The summed E-state index contributed by atoms with van der Waals surface area (Å²) in [5.41, 5.74) is 1.51. The zero-order valence-electron chi connectivity index (χ0n) is 13.8. The molecule has 0 bridgehead atoms. The third kappa shape index (κ3) is 5.34. The van der Waals surface area contributed by atoms with Crippen molar-refractivity contribution in [3.8, 4) is 5.75 Å². The molecule has 1 N–H and O–H groups in total. The van der Waals surface area contributed by atoms with E-state index in [0.29, 0.717) is 17.3 Å². The summed E-state index contributed by atoms with van der Waals surface area (Å²) in [6.45, 7) is 1.38. The number of halogens is 1. The lowest BCUT2D eigenvalue weighted by molar-refractivity contribution is -0.111. The van der Waals surface area contributed by atoms with Gasteiger partial charge in [-0.15, -0.1) is 0 Å². The lowest BCUT2D eigenvalue weighted by Gasteiger charge is -2.11. The summed E-state index contributed by atoms with van der Waals surface area (Å²) < 4.78 is 11.2. The Balaban J connectivity index is 1.50. The van der Waals surface area contributed by atoms with Gasteiger partial charge in [0.25, 0.3) is 0 Å². The topological polar surface area (TPSA) is 47.6 Å². The number of rotatable bonds is 6. The first-order chi connectivity index (χ1) is 12.2. The van der Waals surface area contributed by atoms with Crippen LogP contribution in [0.25, 0.3) is 6.08 Å². The van der Waals surface area contributed by atoms with Gasteiger partial charge in [-0.05, 0) is 54.8 Å². The third-order valence-corrected chi connectivity index (χ3v) is 4.25. The highest BCUT2D eigenvalue weighted by Crippen LogP contribution is 2.19. The van der Waals surface area contributed by atoms with Crippen molar-refractivity contribution in [1.82, 2.24) is 0 Å². The van der Waals surface area contributed by atoms with Crippen LogP contribution in [-0.4, -0.2) is 25.2 Å². The fourth-order valence-electron chi connectivity index (χ4n) is 2.56. The average Bonchev–Trinajstić information content (AvgIpc) is 3.14. The van der Waals surface area contributed by atoms with Crippen molar-refractivity contribution in [1.29, 1.82) is 0 Å². The van der Waals surface area contributed by atoms with Crippen LogP contribution in [0.1, 0.15) is 18.4 Å². The number of anilines is 1. The molecule has 4 nitrogen and oxygen atoms in total. The van der Waals surface area contributed by atoms with Crippen LogP contribution < -0.4 is 10.1 Å². The fraction of sp³-hybridized carbons (Fsp3) is 0.250. The highest BCUT2D eigenvalue weighted by molar-refractivity contribution is 6.32. The molecule has 1 heterocycles. The van der Waals surface area contributed by atoms with Crippen LogP contribution in [0.3, 0.4) is 0 Å². The summed E-state index contributed by atoms with van der Waals surface area (Å²) in [6.07, 6.45) is 5.49. The Bertz CT molecular complexity index is 737. The van der Waals surface area contributed by atoms with Crippen molar-refractivity contribution < 1.29 is 14.3 Å². The number of hydrogen-bond acceptors (Lipinski definition) is 3. The number of nitrogens with one attached hydrogen (secondary N) is 1. The van der Waals surface area contributed by atoms with Crippen molar-refractivity contribution >= 4 is 29.3 Å². The maximum Gasteiger partial charge on any atom is 0.248 e. The summed E-state index contributed by atoms with van der Waals surface area (Å²) in [5.74, 6) is 0.549. The summed E-state index contributed by atoms with van der Waals surface area (Å²) in [4.78, 5) is 12.0. The highest BCUT2D eigenvalue weighted by atomic mass is 35.5. The molecular formula is C20H20ClNO3. The SMILES string of the molecule is O=C(/C=C/c1ccccc1Cl)Nc1ccc(OC[C@@H]2CCCO2)cc1. The maximum atomic E-state index is 12.0. The van der Waals surface area contributed by atoms with Crippen molar-refractivity contribution in [3.05, 3.63) is 65.2 Å². The number of amides is 1. The summed E-state index contributed by atoms with van der Waals surface area (Å²) in [7, 11) is 0. The Morgan fingerprint density at radius 1 is 1.24 bits per heavy atom. The molecule has 0 saturated carbocycles. The van der Waals surface area contributed by atoms with Gasteiger partial charge in [-0.3, -0.25) is 4.79 Å². The first-order valence-electron chi connectivity index (χ1n) is 8.29. The van der Waals surface area contributed by atoms with Crippen LogP contribution >= 0.6 is 11.6 Å². The molecule has 2 aromatic carbocycles. The molecule has 0 unspecified atom stereocenters. The first kappa shape index (κ1) is 17.5. The van der Waals surface area contributed by atoms with Crippen molar-refractivity contribution in [2.45, 2.75) is 18.9 Å². The van der Waals surface area contributed by atoms with E-state index >= 15 is 0 Å².